The van der Waals surface area contributed by atoms with E-state index < -0.39 is 10.0 Å². The van der Waals surface area contributed by atoms with E-state index in [4.69, 9.17) is 21.1 Å². The molecule has 1 N–H and O–H groups in total. The molecule has 1 heterocycles. The summed E-state index contributed by atoms with van der Waals surface area (Å²) in [4.78, 5) is 0.122. The van der Waals surface area contributed by atoms with Crippen LogP contribution >= 0.6 is 11.6 Å². The van der Waals surface area contributed by atoms with Crippen LogP contribution < -0.4 is 14.2 Å². The first-order valence-electron chi connectivity index (χ1n) is 6.68. The molecule has 7 heteroatoms. The van der Waals surface area contributed by atoms with E-state index in [1.807, 2.05) is 18.2 Å². The summed E-state index contributed by atoms with van der Waals surface area (Å²) in [6, 6.07) is 13.4. The third-order valence-electron chi connectivity index (χ3n) is 3.17. The van der Waals surface area contributed by atoms with Crippen molar-refractivity contribution in [2.75, 3.05) is 13.2 Å². The van der Waals surface area contributed by atoms with Crippen molar-refractivity contribution >= 4 is 21.6 Å². The first kappa shape index (κ1) is 15.1. The van der Waals surface area contributed by atoms with Crippen LogP contribution in [-0.4, -0.2) is 27.7 Å². The van der Waals surface area contributed by atoms with Gasteiger partial charge in [-0.05, 0) is 30.3 Å². The number of rotatable bonds is 4. The van der Waals surface area contributed by atoms with Gasteiger partial charge in [0, 0.05) is 5.02 Å². The van der Waals surface area contributed by atoms with Gasteiger partial charge in [-0.3, -0.25) is 0 Å². The lowest BCUT2D eigenvalue weighted by atomic mass is 10.2. The quantitative estimate of drug-likeness (QED) is 0.929. The number of hydrogen-bond donors (Lipinski definition) is 1. The van der Waals surface area contributed by atoms with E-state index in [0.29, 0.717) is 16.5 Å². The highest BCUT2D eigenvalue weighted by Gasteiger charge is 2.23. The molecule has 1 aliphatic heterocycles. The lowest BCUT2D eigenvalue weighted by Gasteiger charge is -2.26. The predicted molar refractivity (Wildman–Crippen MR) is 83.0 cm³/mol. The van der Waals surface area contributed by atoms with E-state index in [0.717, 1.165) is 0 Å². The third-order valence-corrected chi connectivity index (χ3v) is 4.83. The van der Waals surface area contributed by atoms with Gasteiger partial charge < -0.3 is 9.47 Å². The summed E-state index contributed by atoms with van der Waals surface area (Å²) in [5.41, 5.74) is 0. The molecule has 2 aromatic carbocycles. The molecule has 0 aromatic heterocycles. The van der Waals surface area contributed by atoms with Gasteiger partial charge in [-0.15, -0.1) is 0 Å². The topological polar surface area (TPSA) is 64.6 Å². The van der Waals surface area contributed by atoms with Gasteiger partial charge in [0.1, 0.15) is 12.7 Å². The van der Waals surface area contributed by atoms with E-state index in [1.54, 1.807) is 18.2 Å². The number of nitrogens with one attached hydrogen (secondary N) is 1. The third kappa shape index (κ3) is 3.35. The Balaban J connectivity index is 1.66. The smallest absolute Gasteiger partial charge is 0.240 e. The zero-order chi connectivity index (χ0) is 15.6. The summed E-state index contributed by atoms with van der Waals surface area (Å²) in [5.74, 6) is 1.28. The summed E-state index contributed by atoms with van der Waals surface area (Å²) in [6.45, 7) is 0.401. The van der Waals surface area contributed by atoms with Crippen molar-refractivity contribution in [2.24, 2.45) is 0 Å². The lowest BCUT2D eigenvalue weighted by Crippen LogP contribution is -2.40. The molecule has 1 atom stereocenters. The number of sulfonamides is 1. The number of ether oxygens (including phenoxy) is 2. The van der Waals surface area contributed by atoms with Crippen molar-refractivity contribution < 1.29 is 17.9 Å². The molecule has 0 spiro atoms. The van der Waals surface area contributed by atoms with Crippen molar-refractivity contribution in [2.45, 2.75) is 11.0 Å². The fourth-order valence-electron chi connectivity index (χ4n) is 2.08. The molecule has 0 radical (unpaired) electrons. The number of halogens is 1. The highest BCUT2D eigenvalue weighted by atomic mass is 35.5. The number of fused-ring (bicyclic) bond motifs is 1. The zero-order valence-corrected chi connectivity index (χ0v) is 13.1. The molecule has 0 saturated heterocycles. The van der Waals surface area contributed by atoms with Gasteiger partial charge in [-0.25, -0.2) is 13.1 Å². The van der Waals surface area contributed by atoms with E-state index in [2.05, 4.69) is 4.72 Å². The number of hydrogen-bond acceptors (Lipinski definition) is 4. The van der Waals surface area contributed by atoms with Crippen LogP contribution in [0.15, 0.2) is 53.4 Å². The second kappa shape index (κ2) is 6.16. The molecule has 1 unspecified atom stereocenters. The number of para-hydroxylation sites is 2. The molecule has 0 bridgehead atoms. The summed E-state index contributed by atoms with van der Waals surface area (Å²) >= 11 is 5.82. The van der Waals surface area contributed by atoms with Crippen LogP contribution in [0.25, 0.3) is 0 Å². The van der Waals surface area contributed by atoms with Gasteiger partial charge in [0.2, 0.25) is 10.0 Å². The van der Waals surface area contributed by atoms with Crippen LogP contribution in [0.3, 0.4) is 0 Å². The first-order valence-corrected chi connectivity index (χ1v) is 8.54. The average Bonchev–Trinajstić information content (AvgIpc) is 2.53. The van der Waals surface area contributed by atoms with Crippen LogP contribution in [-0.2, 0) is 10.0 Å². The molecule has 116 valence electrons. The standard InChI is InChI=1S/C15H14ClNO4S/c16-11-4-3-5-13(8-11)22(18,19)17-9-12-10-20-14-6-1-2-7-15(14)21-12/h1-8,12,17H,9-10H2. The summed E-state index contributed by atoms with van der Waals surface area (Å²) in [5, 5.41) is 0.369. The molecule has 0 fully saturated rings. The van der Waals surface area contributed by atoms with Gasteiger partial charge in [-0.2, -0.15) is 0 Å². The molecule has 5 nitrogen and oxygen atoms in total. The minimum Gasteiger partial charge on any atom is -0.486 e. The normalized spacial score (nSPS) is 17.2. The van der Waals surface area contributed by atoms with Gasteiger partial charge >= 0.3 is 0 Å². The van der Waals surface area contributed by atoms with Crippen LogP contribution in [0.4, 0.5) is 0 Å². The number of benzene rings is 2. The Hall–Kier alpha value is -1.76. The van der Waals surface area contributed by atoms with Crippen LogP contribution in [0.2, 0.25) is 5.02 Å². The van der Waals surface area contributed by atoms with Gasteiger partial charge in [-0.1, -0.05) is 29.8 Å². The molecule has 0 aliphatic carbocycles. The van der Waals surface area contributed by atoms with E-state index in [1.165, 1.54) is 12.1 Å². The summed E-state index contributed by atoms with van der Waals surface area (Å²) in [7, 11) is -3.63. The Morgan fingerprint density at radius 2 is 1.91 bits per heavy atom. The van der Waals surface area contributed by atoms with Crippen molar-refractivity contribution in [1.29, 1.82) is 0 Å². The molecule has 22 heavy (non-hydrogen) atoms. The van der Waals surface area contributed by atoms with Gasteiger partial charge in [0.05, 0.1) is 11.4 Å². The Kier molecular flexibility index (Phi) is 4.24. The highest BCUT2D eigenvalue weighted by Crippen LogP contribution is 2.30. The molecule has 0 saturated carbocycles. The van der Waals surface area contributed by atoms with E-state index in [-0.39, 0.29) is 24.2 Å². The van der Waals surface area contributed by atoms with Crippen molar-refractivity contribution in [3.8, 4) is 11.5 Å². The Morgan fingerprint density at radius 3 is 2.68 bits per heavy atom. The van der Waals surface area contributed by atoms with Gasteiger partial charge in [0.25, 0.3) is 0 Å². The van der Waals surface area contributed by atoms with Gasteiger partial charge in [0.15, 0.2) is 11.5 Å². The largest absolute Gasteiger partial charge is 0.486 e. The minimum absolute atomic E-state index is 0.114. The van der Waals surface area contributed by atoms with Crippen molar-refractivity contribution in [1.82, 2.24) is 4.72 Å². The Labute approximate surface area is 133 Å². The fourth-order valence-corrected chi connectivity index (χ4v) is 3.45. The van der Waals surface area contributed by atoms with E-state index in [9.17, 15) is 8.42 Å². The molecular formula is C15H14ClNO4S. The predicted octanol–water partition coefficient (Wildman–Crippen LogP) is 2.46. The molecule has 0 amide bonds. The molecule has 2 aromatic rings. The van der Waals surface area contributed by atoms with E-state index >= 15 is 0 Å². The Bertz CT molecular complexity index is 779. The molecular weight excluding hydrogens is 326 g/mol. The van der Waals surface area contributed by atoms with Crippen molar-refractivity contribution in [3.63, 3.8) is 0 Å². The maximum atomic E-state index is 12.2. The van der Waals surface area contributed by atoms with Crippen LogP contribution in [0.1, 0.15) is 0 Å². The second-order valence-electron chi connectivity index (χ2n) is 4.81. The average molecular weight is 340 g/mol. The molecule has 3 rings (SSSR count). The first-order chi connectivity index (χ1) is 10.5. The highest BCUT2D eigenvalue weighted by molar-refractivity contribution is 7.89. The maximum Gasteiger partial charge on any atom is 0.240 e. The summed E-state index contributed by atoms with van der Waals surface area (Å²) < 4.78 is 38.2. The maximum absolute atomic E-state index is 12.2. The lowest BCUT2D eigenvalue weighted by molar-refractivity contribution is 0.0943. The Morgan fingerprint density at radius 1 is 1.14 bits per heavy atom. The second-order valence-corrected chi connectivity index (χ2v) is 7.01. The van der Waals surface area contributed by atoms with Crippen LogP contribution in [0, 0.1) is 0 Å². The summed E-state index contributed by atoms with van der Waals surface area (Å²) in [6.07, 6.45) is -0.385. The monoisotopic (exact) mass is 339 g/mol. The van der Waals surface area contributed by atoms with Crippen LogP contribution in [0.5, 0.6) is 11.5 Å². The van der Waals surface area contributed by atoms with Crippen molar-refractivity contribution in [3.05, 3.63) is 53.6 Å². The zero-order valence-electron chi connectivity index (χ0n) is 11.5. The minimum atomic E-state index is -3.63. The molecule has 1 aliphatic rings. The SMILES string of the molecule is O=S(=O)(NCC1COc2ccccc2O1)c1cccc(Cl)c1. The fraction of sp³-hybridized carbons (Fsp3) is 0.200.